The maximum Gasteiger partial charge on any atom is 0.326 e. The van der Waals surface area contributed by atoms with Gasteiger partial charge in [0.05, 0.1) is 18.6 Å². The summed E-state index contributed by atoms with van der Waals surface area (Å²) in [5.41, 5.74) is 9.48. The number of carboxylic acid groups (broad SMARTS) is 1. The van der Waals surface area contributed by atoms with Gasteiger partial charge in [0.2, 0.25) is 21.8 Å². The zero-order valence-corrected chi connectivity index (χ0v) is 28.8. The minimum atomic E-state index is -3.44. The lowest BCUT2D eigenvalue weighted by molar-refractivity contribution is -0.142. The van der Waals surface area contributed by atoms with Crippen molar-refractivity contribution in [2.75, 3.05) is 22.5 Å². The highest BCUT2D eigenvalue weighted by Gasteiger charge is 2.20. The van der Waals surface area contributed by atoms with Crippen molar-refractivity contribution in [1.29, 1.82) is 0 Å². The fraction of sp³-hybridized carbons (Fsp3) is 0.270. The number of hydrogen-bond donors (Lipinski definition) is 4. The number of nitrogens with one attached hydrogen (secondary N) is 2. The average Bonchev–Trinajstić information content (AvgIpc) is 3.06. The summed E-state index contributed by atoms with van der Waals surface area (Å²) < 4.78 is 38.4. The zero-order chi connectivity index (χ0) is 36.1. The summed E-state index contributed by atoms with van der Waals surface area (Å²) in [5.74, 6) is -0.592. The second kappa shape index (κ2) is 17.7. The number of carboxylic acids is 1. The highest BCUT2D eigenvalue weighted by Crippen LogP contribution is 2.31. The molecule has 4 aromatic carbocycles. The number of aliphatic carboxylic acids is 1. The van der Waals surface area contributed by atoms with Crippen LogP contribution >= 0.6 is 0 Å². The second-order valence-corrected chi connectivity index (χ2v) is 13.6. The quantitative estimate of drug-likeness (QED) is 0.0937. The minimum Gasteiger partial charge on any atom is -0.493 e. The Morgan fingerprint density at radius 1 is 0.840 bits per heavy atom. The number of carbonyl (C=O) groups is 3. The molecule has 12 nitrogen and oxygen atoms in total. The van der Waals surface area contributed by atoms with Crippen LogP contribution in [0.1, 0.15) is 42.4 Å². The summed E-state index contributed by atoms with van der Waals surface area (Å²) in [6, 6.07) is 29.3. The van der Waals surface area contributed by atoms with E-state index in [1.54, 1.807) is 30.3 Å². The van der Waals surface area contributed by atoms with Gasteiger partial charge in [0.15, 0.2) is 0 Å². The third kappa shape index (κ3) is 12.2. The van der Waals surface area contributed by atoms with Gasteiger partial charge >= 0.3 is 5.97 Å². The van der Waals surface area contributed by atoms with Gasteiger partial charge in [0, 0.05) is 37.7 Å². The molecule has 0 aliphatic rings. The van der Waals surface area contributed by atoms with Crippen molar-refractivity contribution in [3.63, 3.8) is 0 Å². The summed E-state index contributed by atoms with van der Waals surface area (Å²) in [6.07, 6.45) is 1.32. The number of hydrogen-bond acceptors (Lipinski definition) is 8. The smallest absolute Gasteiger partial charge is 0.326 e. The molecule has 0 saturated heterocycles. The second-order valence-electron chi connectivity index (χ2n) is 11.8. The Labute approximate surface area is 292 Å². The number of nitrogens with zero attached hydrogens (tertiary/aromatic N) is 1. The minimum absolute atomic E-state index is 0.0498. The van der Waals surface area contributed by atoms with E-state index in [0.717, 1.165) is 28.6 Å². The van der Waals surface area contributed by atoms with Crippen LogP contribution in [-0.2, 0) is 37.5 Å². The van der Waals surface area contributed by atoms with Gasteiger partial charge in [-0.25, -0.2) is 13.2 Å². The summed E-state index contributed by atoms with van der Waals surface area (Å²) in [5, 5.41) is 11.7. The molecule has 2 amide bonds. The van der Waals surface area contributed by atoms with Crippen LogP contribution in [0.2, 0.25) is 0 Å². The molecule has 50 heavy (non-hydrogen) atoms. The van der Waals surface area contributed by atoms with Crippen molar-refractivity contribution in [1.82, 2.24) is 5.32 Å². The van der Waals surface area contributed by atoms with E-state index in [2.05, 4.69) is 27.1 Å². The molecule has 4 rings (SSSR count). The first-order chi connectivity index (χ1) is 23.9. The normalized spacial score (nSPS) is 11.6. The zero-order valence-electron chi connectivity index (χ0n) is 28.0. The number of carbonyl (C=O) groups excluding carboxylic acids is 2. The Hall–Kier alpha value is -5.56. The van der Waals surface area contributed by atoms with Crippen molar-refractivity contribution in [2.45, 2.75) is 51.7 Å². The van der Waals surface area contributed by atoms with E-state index in [4.69, 9.17) is 15.2 Å². The van der Waals surface area contributed by atoms with Crippen LogP contribution in [0.4, 0.5) is 11.4 Å². The van der Waals surface area contributed by atoms with Crippen LogP contribution in [0, 0.1) is 6.92 Å². The number of nitrogens with two attached hydrogens (primary N) is 1. The third-order valence-corrected chi connectivity index (χ3v) is 8.22. The standard InChI is InChI=1S/C37H42N4O8S/c1-26-32(40-50(2,46)47)13-7-14-34(26)41(24-27-9-4-3-5-10-27)25-28-16-18-29(19-17-28)49-31-12-6-11-30(23-31)48-22-8-15-36(43)39-33(37(44)45)20-21-35(38)42/h3-7,9-14,16-19,23,33,40H,8,15,20-22,24-25H2,1-2H3,(H2,38,42)(H,39,43)(H,44,45)/t33-/m0/s1. The molecule has 0 unspecified atom stereocenters. The number of primary amides is 1. The molecule has 5 N–H and O–H groups in total. The molecule has 0 fully saturated rings. The molecule has 0 heterocycles. The molecular weight excluding hydrogens is 660 g/mol. The maximum absolute atomic E-state index is 12.2. The largest absolute Gasteiger partial charge is 0.493 e. The van der Waals surface area contributed by atoms with Crippen molar-refractivity contribution in [2.24, 2.45) is 5.73 Å². The number of benzene rings is 4. The molecule has 0 aliphatic carbocycles. The van der Waals surface area contributed by atoms with Crippen molar-refractivity contribution < 1.29 is 37.4 Å². The molecule has 0 saturated carbocycles. The van der Waals surface area contributed by atoms with Crippen LogP contribution in [0.5, 0.6) is 17.2 Å². The van der Waals surface area contributed by atoms with Gasteiger partial charge < -0.3 is 30.5 Å². The molecule has 1 atom stereocenters. The lowest BCUT2D eigenvalue weighted by Gasteiger charge is -2.28. The van der Waals surface area contributed by atoms with E-state index in [1.807, 2.05) is 61.5 Å². The molecular formula is C37H42N4O8S. The number of sulfonamides is 1. The SMILES string of the molecule is Cc1c(NS(C)(=O)=O)cccc1N(Cc1ccccc1)Cc1ccc(Oc2cccc(OCCCC(=O)N[C@@H](CCC(N)=O)C(=O)O)c2)cc1. The molecule has 0 aliphatic heterocycles. The van der Waals surface area contributed by atoms with Gasteiger partial charge in [-0.3, -0.25) is 14.3 Å². The van der Waals surface area contributed by atoms with E-state index in [1.165, 1.54) is 0 Å². The van der Waals surface area contributed by atoms with Crippen molar-refractivity contribution >= 4 is 39.2 Å². The maximum atomic E-state index is 12.2. The Morgan fingerprint density at radius 2 is 1.50 bits per heavy atom. The van der Waals surface area contributed by atoms with E-state index in [0.29, 0.717) is 42.4 Å². The van der Waals surface area contributed by atoms with Crippen LogP contribution < -0.4 is 30.1 Å². The number of anilines is 2. The van der Waals surface area contributed by atoms with Gasteiger partial charge in [-0.05, 0) is 72.9 Å². The van der Waals surface area contributed by atoms with Crippen LogP contribution in [-0.4, -0.2) is 50.2 Å². The Kier molecular flexibility index (Phi) is 13.2. The fourth-order valence-corrected chi connectivity index (χ4v) is 5.81. The summed E-state index contributed by atoms with van der Waals surface area (Å²) in [7, 11) is -3.44. The van der Waals surface area contributed by atoms with Crippen LogP contribution in [0.3, 0.4) is 0 Å². The first-order valence-corrected chi connectivity index (χ1v) is 17.9. The monoisotopic (exact) mass is 702 g/mol. The summed E-state index contributed by atoms with van der Waals surface area (Å²) in [6.45, 7) is 3.29. The highest BCUT2D eigenvalue weighted by atomic mass is 32.2. The van der Waals surface area contributed by atoms with Crippen molar-refractivity contribution in [3.05, 3.63) is 114 Å². The molecule has 0 aromatic heterocycles. The van der Waals surface area contributed by atoms with Gasteiger partial charge in [0.1, 0.15) is 23.3 Å². The molecule has 0 bridgehead atoms. The number of ether oxygens (including phenoxy) is 2. The van der Waals surface area contributed by atoms with E-state index < -0.39 is 33.8 Å². The Bertz CT molecular complexity index is 1870. The number of rotatable bonds is 19. The summed E-state index contributed by atoms with van der Waals surface area (Å²) in [4.78, 5) is 36.7. The van der Waals surface area contributed by atoms with Gasteiger partial charge in [-0.1, -0.05) is 54.6 Å². The molecule has 4 aromatic rings. The highest BCUT2D eigenvalue weighted by molar-refractivity contribution is 7.92. The van der Waals surface area contributed by atoms with Gasteiger partial charge in [-0.15, -0.1) is 0 Å². The summed E-state index contributed by atoms with van der Waals surface area (Å²) >= 11 is 0. The van der Waals surface area contributed by atoms with Crippen LogP contribution in [0.15, 0.2) is 97.1 Å². The molecule has 0 radical (unpaired) electrons. The van der Waals surface area contributed by atoms with Crippen molar-refractivity contribution in [3.8, 4) is 17.2 Å². The number of amides is 2. The molecule has 264 valence electrons. The van der Waals surface area contributed by atoms with Crippen LogP contribution in [0.25, 0.3) is 0 Å². The first-order valence-electron chi connectivity index (χ1n) is 16.0. The lowest BCUT2D eigenvalue weighted by Crippen LogP contribution is -2.41. The van der Waals surface area contributed by atoms with Gasteiger partial charge in [-0.2, -0.15) is 0 Å². The molecule has 13 heteroatoms. The predicted molar refractivity (Wildman–Crippen MR) is 192 cm³/mol. The third-order valence-electron chi connectivity index (χ3n) is 7.63. The predicted octanol–water partition coefficient (Wildman–Crippen LogP) is 5.36. The average molecular weight is 703 g/mol. The Balaban J connectivity index is 1.35. The Morgan fingerprint density at radius 3 is 2.16 bits per heavy atom. The van der Waals surface area contributed by atoms with E-state index >= 15 is 0 Å². The fourth-order valence-electron chi connectivity index (χ4n) is 5.19. The van der Waals surface area contributed by atoms with E-state index in [-0.39, 0.29) is 25.9 Å². The van der Waals surface area contributed by atoms with E-state index in [9.17, 15) is 27.9 Å². The molecule has 0 spiro atoms. The topological polar surface area (TPSA) is 177 Å². The van der Waals surface area contributed by atoms with Gasteiger partial charge in [0.25, 0.3) is 0 Å². The lowest BCUT2D eigenvalue weighted by atomic mass is 10.1. The first kappa shape index (κ1) is 37.3.